The lowest BCUT2D eigenvalue weighted by Gasteiger charge is -2.30. The van der Waals surface area contributed by atoms with Crippen LogP contribution in [0.4, 0.5) is 0 Å². The van der Waals surface area contributed by atoms with Crippen LogP contribution in [0.15, 0.2) is 41.0 Å². The Hall–Kier alpha value is -2.89. The highest BCUT2D eigenvalue weighted by Crippen LogP contribution is 2.22. The van der Waals surface area contributed by atoms with Gasteiger partial charge in [-0.1, -0.05) is 33.8 Å². The summed E-state index contributed by atoms with van der Waals surface area (Å²) in [7, 11) is 1.90. The number of carbonyl (C=O) groups is 2. The molecular weight excluding hydrogens is 414 g/mol. The Labute approximate surface area is 196 Å². The minimum absolute atomic E-state index is 0.0203. The van der Waals surface area contributed by atoms with Gasteiger partial charge in [-0.2, -0.15) is 5.10 Å². The predicted molar refractivity (Wildman–Crippen MR) is 131 cm³/mol. The van der Waals surface area contributed by atoms with Gasteiger partial charge >= 0.3 is 0 Å². The van der Waals surface area contributed by atoms with E-state index in [0.29, 0.717) is 44.2 Å². The van der Waals surface area contributed by atoms with E-state index in [0.717, 1.165) is 27.9 Å². The second-order valence-corrected chi connectivity index (χ2v) is 9.95. The van der Waals surface area contributed by atoms with Gasteiger partial charge in [-0.05, 0) is 61.4 Å². The van der Waals surface area contributed by atoms with Gasteiger partial charge in [0.25, 0.3) is 0 Å². The van der Waals surface area contributed by atoms with Crippen molar-refractivity contribution in [1.29, 1.82) is 0 Å². The van der Waals surface area contributed by atoms with Gasteiger partial charge in [-0.25, -0.2) is 0 Å². The number of benzene rings is 1. The van der Waals surface area contributed by atoms with Gasteiger partial charge in [0.1, 0.15) is 17.3 Å². The van der Waals surface area contributed by atoms with E-state index in [4.69, 9.17) is 4.42 Å². The van der Waals surface area contributed by atoms with Crippen LogP contribution < -0.4 is 0 Å². The van der Waals surface area contributed by atoms with Crippen LogP contribution in [0.2, 0.25) is 0 Å². The standard InChI is InChI=1S/C27H37N3O3/c1-18(2)16-30(17-19(3)4)27(32)24(15-21-7-10-26-22(14-21)11-12-33-26)25(31)9-8-23-13-20(5)29(6)28-23/h7,10-14,18-19,24H,8-9,15-17H2,1-6H3. The van der Waals surface area contributed by atoms with Crippen LogP contribution in [0.25, 0.3) is 11.0 Å². The van der Waals surface area contributed by atoms with Crippen molar-refractivity contribution in [2.24, 2.45) is 24.8 Å². The predicted octanol–water partition coefficient (Wildman–Crippen LogP) is 4.98. The van der Waals surface area contributed by atoms with Gasteiger partial charge in [-0.3, -0.25) is 14.3 Å². The highest BCUT2D eigenvalue weighted by Gasteiger charge is 2.31. The third kappa shape index (κ3) is 6.56. The van der Waals surface area contributed by atoms with Crippen LogP contribution in [0, 0.1) is 24.7 Å². The number of fused-ring (bicyclic) bond motifs is 1. The van der Waals surface area contributed by atoms with Crippen molar-refractivity contribution in [3.05, 3.63) is 53.5 Å². The molecule has 0 saturated heterocycles. The molecule has 0 aliphatic rings. The zero-order valence-electron chi connectivity index (χ0n) is 20.8. The monoisotopic (exact) mass is 451 g/mol. The Morgan fingerprint density at radius 2 is 1.76 bits per heavy atom. The van der Waals surface area contributed by atoms with Gasteiger partial charge in [-0.15, -0.1) is 0 Å². The molecule has 0 spiro atoms. The molecule has 178 valence electrons. The molecule has 2 aromatic heterocycles. The van der Waals surface area contributed by atoms with Gasteiger partial charge in [0.15, 0.2) is 0 Å². The molecule has 0 fully saturated rings. The van der Waals surface area contributed by atoms with Crippen LogP contribution >= 0.6 is 0 Å². The number of rotatable bonds is 11. The minimum atomic E-state index is -0.698. The third-order valence-electron chi connectivity index (χ3n) is 5.92. The Kier molecular flexibility index (Phi) is 8.11. The molecule has 3 rings (SSSR count). The fraction of sp³-hybridized carbons (Fsp3) is 0.519. The molecular formula is C27H37N3O3. The van der Waals surface area contributed by atoms with E-state index in [9.17, 15) is 9.59 Å². The van der Waals surface area contributed by atoms with Crippen LogP contribution in [0.5, 0.6) is 0 Å². The summed E-state index contributed by atoms with van der Waals surface area (Å²) < 4.78 is 7.26. The summed E-state index contributed by atoms with van der Waals surface area (Å²) in [6.45, 7) is 11.7. The lowest BCUT2D eigenvalue weighted by atomic mass is 9.90. The topological polar surface area (TPSA) is 68.3 Å². The number of ketones is 1. The van der Waals surface area contributed by atoms with E-state index < -0.39 is 5.92 Å². The molecule has 1 unspecified atom stereocenters. The average molecular weight is 452 g/mol. The number of furan rings is 1. The first-order valence-electron chi connectivity index (χ1n) is 11.9. The summed E-state index contributed by atoms with van der Waals surface area (Å²) in [5.74, 6) is -0.110. The number of aryl methyl sites for hydroxylation is 3. The van der Waals surface area contributed by atoms with Crippen molar-refractivity contribution in [1.82, 2.24) is 14.7 Å². The van der Waals surface area contributed by atoms with E-state index >= 15 is 0 Å². The zero-order valence-corrected chi connectivity index (χ0v) is 20.8. The van der Waals surface area contributed by atoms with Gasteiger partial charge < -0.3 is 9.32 Å². The maximum atomic E-state index is 13.7. The molecule has 0 N–H and O–H groups in total. The second kappa shape index (κ2) is 10.8. The molecule has 2 heterocycles. The van der Waals surface area contributed by atoms with Crippen LogP contribution in [0.1, 0.15) is 51.1 Å². The first-order chi connectivity index (χ1) is 15.6. The van der Waals surface area contributed by atoms with Crippen molar-refractivity contribution >= 4 is 22.7 Å². The van der Waals surface area contributed by atoms with E-state index in [1.807, 2.05) is 53.9 Å². The smallest absolute Gasteiger partial charge is 0.233 e. The Morgan fingerprint density at radius 3 is 2.36 bits per heavy atom. The molecule has 33 heavy (non-hydrogen) atoms. The quantitative estimate of drug-likeness (QED) is 0.386. The van der Waals surface area contributed by atoms with Crippen molar-refractivity contribution in [2.75, 3.05) is 13.1 Å². The van der Waals surface area contributed by atoms with Crippen molar-refractivity contribution in [3.63, 3.8) is 0 Å². The Bertz CT molecular complexity index is 1060. The van der Waals surface area contributed by atoms with E-state index in [-0.39, 0.29) is 11.7 Å². The molecule has 0 aliphatic carbocycles. The third-order valence-corrected chi connectivity index (χ3v) is 5.92. The van der Waals surface area contributed by atoms with Crippen molar-refractivity contribution in [3.8, 4) is 0 Å². The molecule has 1 aromatic carbocycles. The second-order valence-electron chi connectivity index (χ2n) is 9.95. The molecule has 1 amide bonds. The Morgan fingerprint density at radius 1 is 1.06 bits per heavy atom. The van der Waals surface area contributed by atoms with Crippen molar-refractivity contribution in [2.45, 2.75) is 53.9 Å². The van der Waals surface area contributed by atoms with Crippen LogP contribution in [-0.2, 0) is 29.5 Å². The molecule has 6 nitrogen and oxygen atoms in total. The normalized spacial score (nSPS) is 12.6. The highest BCUT2D eigenvalue weighted by atomic mass is 16.3. The Balaban J connectivity index is 1.84. The van der Waals surface area contributed by atoms with Gasteiger partial charge in [0.05, 0.1) is 12.0 Å². The summed E-state index contributed by atoms with van der Waals surface area (Å²) in [5.41, 5.74) is 3.71. The first kappa shape index (κ1) is 24.7. The number of aromatic nitrogens is 2. The largest absolute Gasteiger partial charge is 0.464 e. The van der Waals surface area contributed by atoms with Gasteiger partial charge in [0.2, 0.25) is 5.91 Å². The summed E-state index contributed by atoms with van der Waals surface area (Å²) in [6.07, 6.45) is 2.90. The fourth-order valence-electron chi connectivity index (χ4n) is 4.26. The summed E-state index contributed by atoms with van der Waals surface area (Å²) in [6, 6.07) is 9.79. The molecule has 0 aliphatic heterocycles. The number of amides is 1. The number of carbonyl (C=O) groups excluding carboxylic acids is 2. The van der Waals surface area contributed by atoms with Gasteiger partial charge in [0, 0.05) is 37.6 Å². The maximum Gasteiger partial charge on any atom is 0.233 e. The molecule has 0 saturated carbocycles. The van der Waals surface area contributed by atoms with Crippen LogP contribution in [-0.4, -0.2) is 39.5 Å². The molecule has 1 atom stereocenters. The number of nitrogens with zero attached hydrogens (tertiary/aromatic N) is 3. The van der Waals surface area contributed by atoms with E-state index in [1.165, 1.54) is 0 Å². The highest BCUT2D eigenvalue weighted by molar-refractivity contribution is 6.01. The molecule has 0 radical (unpaired) electrons. The van der Waals surface area contributed by atoms with Crippen molar-refractivity contribution < 1.29 is 14.0 Å². The summed E-state index contributed by atoms with van der Waals surface area (Å²) in [4.78, 5) is 29.0. The van der Waals surface area contributed by atoms with Crippen LogP contribution in [0.3, 0.4) is 0 Å². The summed E-state index contributed by atoms with van der Waals surface area (Å²) in [5, 5.41) is 5.45. The van der Waals surface area contributed by atoms with E-state index in [1.54, 1.807) is 6.26 Å². The lowest BCUT2D eigenvalue weighted by molar-refractivity contribution is -0.142. The number of hydrogen-bond donors (Lipinski definition) is 0. The molecule has 0 bridgehead atoms. The maximum absolute atomic E-state index is 13.7. The number of Topliss-reactive ketones (excluding diaryl/α,β-unsaturated/α-hetero) is 1. The number of hydrogen-bond acceptors (Lipinski definition) is 4. The average Bonchev–Trinajstić information content (AvgIpc) is 3.34. The summed E-state index contributed by atoms with van der Waals surface area (Å²) >= 11 is 0. The van der Waals surface area contributed by atoms with E-state index in [2.05, 4.69) is 32.8 Å². The minimum Gasteiger partial charge on any atom is -0.464 e. The molecule has 3 aromatic rings. The zero-order chi connectivity index (χ0) is 24.1. The first-order valence-corrected chi connectivity index (χ1v) is 11.9. The SMILES string of the molecule is Cc1cc(CCC(=O)C(Cc2ccc3occc3c2)C(=O)N(CC(C)C)CC(C)C)nn1C. The fourth-order valence-corrected chi connectivity index (χ4v) is 4.26. The lowest BCUT2D eigenvalue weighted by Crippen LogP contribution is -2.44. The molecule has 6 heteroatoms.